The third kappa shape index (κ3) is 6.55. The van der Waals surface area contributed by atoms with Crippen molar-refractivity contribution in [1.82, 2.24) is 5.32 Å². The molecule has 4 rings (SSSR count). The van der Waals surface area contributed by atoms with Crippen LogP contribution in [-0.2, 0) is 16.1 Å². The monoisotopic (exact) mass is 503 g/mol. The Balaban J connectivity index is 1.48. The number of carbonyl (C=O) groups excluding carboxylic acids is 2. The van der Waals surface area contributed by atoms with E-state index in [0.717, 1.165) is 16.7 Å². The molecule has 8 heteroatoms. The van der Waals surface area contributed by atoms with Gasteiger partial charge in [-0.3, -0.25) is 0 Å². The number of rotatable bonds is 9. The first-order valence-electron chi connectivity index (χ1n) is 11.3. The smallest absolute Gasteiger partial charge is 0.408 e. The van der Waals surface area contributed by atoms with E-state index in [9.17, 15) is 14.4 Å². The van der Waals surface area contributed by atoms with E-state index in [4.69, 9.17) is 13.9 Å². The summed E-state index contributed by atoms with van der Waals surface area (Å²) < 4.78 is 16.2. The Bertz CT molecular complexity index is 1390. The zero-order valence-corrected chi connectivity index (χ0v) is 20.5. The third-order valence-electron chi connectivity index (χ3n) is 5.42. The maximum absolute atomic E-state index is 12.9. The molecule has 0 saturated heterocycles. The van der Waals surface area contributed by atoms with Crippen molar-refractivity contribution in [2.45, 2.75) is 19.1 Å². The van der Waals surface area contributed by atoms with Crippen molar-refractivity contribution in [3.8, 4) is 16.9 Å². The Labute approximate surface area is 212 Å². The van der Waals surface area contributed by atoms with Crippen LogP contribution in [0.1, 0.15) is 12.0 Å². The van der Waals surface area contributed by atoms with E-state index in [1.54, 1.807) is 23.9 Å². The summed E-state index contributed by atoms with van der Waals surface area (Å²) in [6.07, 6.45) is 1.56. The number of hydrogen-bond donors (Lipinski definition) is 1. The molecular weight excluding hydrogens is 478 g/mol. The van der Waals surface area contributed by atoms with Gasteiger partial charge in [0.25, 0.3) is 0 Å². The van der Waals surface area contributed by atoms with Crippen LogP contribution in [0.2, 0.25) is 0 Å². The van der Waals surface area contributed by atoms with Gasteiger partial charge in [0, 0.05) is 17.5 Å². The average molecular weight is 504 g/mol. The number of benzene rings is 3. The van der Waals surface area contributed by atoms with E-state index in [1.807, 2.05) is 66.9 Å². The van der Waals surface area contributed by atoms with Crippen molar-refractivity contribution in [3.63, 3.8) is 0 Å². The normalized spacial score (nSPS) is 11.6. The molecule has 4 aromatic rings. The SMILES string of the molecule is CSCC[C@H](NC(=O)OCc1ccccc1)C(=O)Oc1ccc2c(-c3ccccc3)cc(=O)oc2c1. The van der Waals surface area contributed by atoms with Crippen LogP contribution < -0.4 is 15.7 Å². The van der Waals surface area contributed by atoms with Crippen LogP contribution in [0.4, 0.5) is 4.79 Å². The lowest BCUT2D eigenvalue weighted by atomic mass is 10.0. The quantitative estimate of drug-likeness (QED) is 0.185. The molecule has 0 aliphatic rings. The summed E-state index contributed by atoms with van der Waals surface area (Å²) in [4.78, 5) is 37.4. The first-order valence-corrected chi connectivity index (χ1v) is 12.7. The molecule has 36 heavy (non-hydrogen) atoms. The van der Waals surface area contributed by atoms with Crippen LogP contribution in [0, 0.1) is 0 Å². The first kappa shape index (κ1) is 25.1. The van der Waals surface area contributed by atoms with Gasteiger partial charge >= 0.3 is 17.7 Å². The summed E-state index contributed by atoms with van der Waals surface area (Å²) in [7, 11) is 0. The van der Waals surface area contributed by atoms with Crippen molar-refractivity contribution in [2.75, 3.05) is 12.0 Å². The van der Waals surface area contributed by atoms with Crippen molar-refractivity contribution < 1.29 is 23.5 Å². The van der Waals surface area contributed by atoms with E-state index in [0.29, 0.717) is 23.1 Å². The second-order valence-electron chi connectivity index (χ2n) is 7.96. The highest BCUT2D eigenvalue weighted by Crippen LogP contribution is 2.29. The summed E-state index contributed by atoms with van der Waals surface area (Å²) in [5.41, 5.74) is 2.22. The van der Waals surface area contributed by atoms with E-state index in [1.165, 1.54) is 12.1 Å². The Morgan fingerprint density at radius 2 is 1.69 bits per heavy atom. The third-order valence-corrected chi connectivity index (χ3v) is 6.06. The molecule has 7 nitrogen and oxygen atoms in total. The van der Waals surface area contributed by atoms with Gasteiger partial charge in [-0.25, -0.2) is 14.4 Å². The van der Waals surface area contributed by atoms with Gasteiger partial charge in [0.1, 0.15) is 24.0 Å². The summed E-state index contributed by atoms with van der Waals surface area (Å²) in [6, 6.07) is 24.1. The largest absolute Gasteiger partial charge is 0.445 e. The standard InChI is InChI=1S/C28H25NO6S/c1-36-15-14-24(29-28(32)33-18-19-8-4-2-5-9-19)27(31)34-21-12-13-22-23(20-10-6-3-7-11-20)17-26(30)35-25(22)16-21/h2-13,16-17,24H,14-15,18H2,1H3,(H,29,32)/t24-/m0/s1. The van der Waals surface area contributed by atoms with Crippen molar-refractivity contribution >= 4 is 34.8 Å². The molecule has 1 aromatic heterocycles. The number of esters is 1. The number of thioether (sulfide) groups is 1. The zero-order valence-electron chi connectivity index (χ0n) is 19.6. The van der Waals surface area contributed by atoms with Crippen LogP contribution in [0.5, 0.6) is 5.75 Å². The average Bonchev–Trinajstić information content (AvgIpc) is 2.90. The van der Waals surface area contributed by atoms with Gasteiger partial charge < -0.3 is 19.2 Å². The fraction of sp³-hybridized carbons (Fsp3) is 0.179. The molecule has 0 saturated carbocycles. The fourth-order valence-corrected chi connectivity index (χ4v) is 4.11. The molecule has 1 atom stereocenters. The van der Waals surface area contributed by atoms with Crippen molar-refractivity contribution in [2.24, 2.45) is 0 Å². The molecule has 3 aromatic carbocycles. The molecule has 0 bridgehead atoms. The molecular formula is C28H25NO6S. The number of hydrogen-bond acceptors (Lipinski definition) is 7. The lowest BCUT2D eigenvalue weighted by Crippen LogP contribution is -2.43. The minimum Gasteiger partial charge on any atom is -0.445 e. The predicted octanol–water partition coefficient (Wildman–Crippen LogP) is 5.41. The minimum absolute atomic E-state index is 0.0877. The van der Waals surface area contributed by atoms with Gasteiger partial charge in [-0.05, 0) is 47.3 Å². The molecule has 0 radical (unpaired) electrons. The second-order valence-corrected chi connectivity index (χ2v) is 8.95. The van der Waals surface area contributed by atoms with Gasteiger partial charge in [-0.15, -0.1) is 0 Å². The van der Waals surface area contributed by atoms with Gasteiger partial charge in [-0.1, -0.05) is 60.7 Å². The van der Waals surface area contributed by atoms with Crippen molar-refractivity contribution in [1.29, 1.82) is 0 Å². The lowest BCUT2D eigenvalue weighted by molar-refractivity contribution is -0.136. The highest BCUT2D eigenvalue weighted by Gasteiger charge is 2.24. The summed E-state index contributed by atoms with van der Waals surface area (Å²) in [6.45, 7) is 0.0877. The molecule has 1 amide bonds. The van der Waals surface area contributed by atoms with E-state index in [-0.39, 0.29) is 12.4 Å². The minimum atomic E-state index is -0.904. The van der Waals surface area contributed by atoms with Crippen LogP contribution in [0.15, 0.2) is 94.1 Å². The number of fused-ring (bicyclic) bond motifs is 1. The number of ether oxygens (including phenoxy) is 2. The molecule has 0 aliphatic heterocycles. The van der Waals surface area contributed by atoms with Gasteiger partial charge in [0.15, 0.2) is 0 Å². The predicted molar refractivity (Wildman–Crippen MR) is 140 cm³/mol. The second kappa shape index (κ2) is 12.1. The number of nitrogens with one attached hydrogen (secondary N) is 1. The Hall–Kier alpha value is -4.04. The maximum atomic E-state index is 12.9. The van der Waals surface area contributed by atoms with Crippen LogP contribution in [0.25, 0.3) is 22.1 Å². The van der Waals surface area contributed by atoms with Crippen LogP contribution in [-0.4, -0.2) is 30.1 Å². The van der Waals surface area contributed by atoms with Gasteiger partial charge in [0.2, 0.25) is 0 Å². The molecule has 0 fully saturated rings. The molecule has 184 valence electrons. The van der Waals surface area contributed by atoms with Crippen LogP contribution in [0.3, 0.4) is 0 Å². The molecule has 1 N–H and O–H groups in total. The molecule has 0 aliphatic carbocycles. The highest BCUT2D eigenvalue weighted by molar-refractivity contribution is 7.98. The number of alkyl carbamates (subject to hydrolysis) is 1. The molecule has 1 heterocycles. The zero-order chi connectivity index (χ0) is 25.3. The molecule has 0 spiro atoms. The number of carbonyl (C=O) groups is 2. The maximum Gasteiger partial charge on any atom is 0.408 e. The van der Waals surface area contributed by atoms with Crippen molar-refractivity contribution in [3.05, 3.63) is 101 Å². The Morgan fingerprint density at radius 3 is 2.42 bits per heavy atom. The summed E-state index contributed by atoms with van der Waals surface area (Å²) >= 11 is 1.54. The van der Waals surface area contributed by atoms with Crippen LogP contribution >= 0.6 is 11.8 Å². The Kier molecular flexibility index (Phi) is 8.41. The highest BCUT2D eigenvalue weighted by atomic mass is 32.2. The summed E-state index contributed by atoms with van der Waals surface area (Å²) in [5.74, 6) is 0.197. The van der Waals surface area contributed by atoms with Gasteiger partial charge in [0.05, 0.1) is 0 Å². The summed E-state index contributed by atoms with van der Waals surface area (Å²) in [5, 5.41) is 3.31. The fourth-order valence-electron chi connectivity index (χ4n) is 3.64. The van der Waals surface area contributed by atoms with E-state index in [2.05, 4.69) is 5.32 Å². The molecule has 0 unspecified atom stereocenters. The lowest BCUT2D eigenvalue weighted by Gasteiger charge is -2.17. The first-order chi connectivity index (χ1) is 17.5. The van der Waals surface area contributed by atoms with E-state index < -0.39 is 23.7 Å². The Morgan fingerprint density at radius 1 is 0.972 bits per heavy atom. The topological polar surface area (TPSA) is 94.8 Å². The number of amides is 1. The van der Waals surface area contributed by atoms with Gasteiger partial charge in [-0.2, -0.15) is 11.8 Å². The van der Waals surface area contributed by atoms with E-state index >= 15 is 0 Å².